The number of benzene rings is 3. The quantitative estimate of drug-likeness (QED) is 0.143. The van der Waals surface area contributed by atoms with Crippen molar-refractivity contribution in [2.24, 2.45) is 0 Å². The van der Waals surface area contributed by atoms with Crippen LogP contribution >= 0.6 is 50.9 Å². The van der Waals surface area contributed by atoms with E-state index in [2.05, 4.69) is 15.9 Å². The van der Waals surface area contributed by atoms with E-state index in [1.807, 2.05) is 0 Å². The Kier molecular flexibility index (Phi) is 9.04. The molecule has 4 rings (SSSR count). The van der Waals surface area contributed by atoms with E-state index in [0.717, 1.165) is 16.7 Å². The number of thioether (sulfide) groups is 1. The van der Waals surface area contributed by atoms with Crippen LogP contribution < -0.4 is 14.2 Å². The highest BCUT2D eigenvalue weighted by atomic mass is 79.9. The number of carbonyl (C=O) groups excluding carboxylic acids is 3. The molecule has 3 aromatic rings. The first-order valence-corrected chi connectivity index (χ1v) is 13.6. The van der Waals surface area contributed by atoms with Gasteiger partial charge in [0.1, 0.15) is 5.75 Å². The number of amides is 2. The fraction of sp³-hybridized carbons (Fsp3) is 0.148. The number of hydrogen-bond acceptors (Lipinski definition) is 7. The second-order valence-electron chi connectivity index (χ2n) is 7.85. The summed E-state index contributed by atoms with van der Waals surface area (Å²) in [4.78, 5) is 39.8. The molecule has 1 saturated heterocycles. The Bertz CT molecular complexity index is 1420. The summed E-state index contributed by atoms with van der Waals surface area (Å²) in [7, 11) is 1.54. The van der Waals surface area contributed by atoms with E-state index >= 15 is 0 Å². The summed E-state index contributed by atoms with van der Waals surface area (Å²) in [5, 5.41) is 0.294. The van der Waals surface area contributed by atoms with Crippen LogP contribution in [0, 0.1) is 0 Å². The second-order valence-corrected chi connectivity index (χ2v) is 10.5. The van der Waals surface area contributed by atoms with Crippen LogP contribution in [0.25, 0.3) is 6.08 Å². The molecule has 0 aromatic heterocycles. The number of carbonyl (C=O) groups is 3. The molecule has 0 atom stereocenters. The SMILES string of the molecule is CCOc1cc(/C=C2\SC(=O)N(Cc3c(Cl)cccc3Cl)C2=O)cc(Br)c1OC(=O)c1ccc(OC)cc1. The number of imide groups is 1. The molecule has 0 N–H and O–H groups in total. The minimum atomic E-state index is -0.582. The van der Waals surface area contributed by atoms with E-state index in [4.69, 9.17) is 37.4 Å². The number of rotatable bonds is 8. The Morgan fingerprint density at radius 2 is 1.76 bits per heavy atom. The fourth-order valence-electron chi connectivity index (χ4n) is 3.54. The molecule has 1 fully saturated rings. The molecule has 0 radical (unpaired) electrons. The Morgan fingerprint density at radius 3 is 2.39 bits per heavy atom. The highest BCUT2D eigenvalue weighted by Crippen LogP contribution is 2.40. The molecule has 3 aromatic carbocycles. The lowest BCUT2D eigenvalue weighted by atomic mass is 10.1. The maximum atomic E-state index is 13.1. The first-order chi connectivity index (χ1) is 18.2. The molecule has 0 unspecified atom stereocenters. The third kappa shape index (κ3) is 6.18. The van der Waals surface area contributed by atoms with Gasteiger partial charge in [-0.2, -0.15) is 0 Å². The van der Waals surface area contributed by atoms with Crippen molar-refractivity contribution >= 4 is 74.1 Å². The zero-order valence-corrected chi connectivity index (χ0v) is 24.0. The van der Waals surface area contributed by atoms with Crippen LogP contribution in [0.1, 0.15) is 28.4 Å². The number of halogens is 3. The lowest BCUT2D eigenvalue weighted by Gasteiger charge is -2.15. The van der Waals surface area contributed by atoms with Crippen LogP contribution in [-0.4, -0.2) is 35.7 Å². The van der Waals surface area contributed by atoms with Gasteiger partial charge in [0, 0.05) is 15.6 Å². The Labute approximate surface area is 241 Å². The van der Waals surface area contributed by atoms with Crippen molar-refractivity contribution in [3.63, 3.8) is 0 Å². The third-order valence-corrected chi connectivity index (χ3v) is 7.61. The van der Waals surface area contributed by atoms with Crippen molar-refractivity contribution in [2.45, 2.75) is 13.5 Å². The summed E-state index contributed by atoms with van der Waals surface area (Å²) in [5.74, 6) is 0.0336. The van der Waals surface area contributed by atoms with Gasteiger partial charge in [-0.15, -0.1) is 0 Å². The highest BCUT2D eigenvalue weighted by molar-refractivity contribution is 9.10. The molecule has 1 heterocycles. The van der Waals surface area contributed by atoms with Gasteiger partial charge in [0.05, 0.1) is 35.2 Å². The van der Waals surface area contributed by atoms with Gasteiger partial charge in [-0.1, -0.05) is 29.3 Å². The predicted octanol–water partition coefficient (Wildman–Crippen LogP) is 7.62. The van der Waals surface area contributed by atoms with Gasteiger partial charge in [-0.05, 0) is 94.8 Å². The number of esters is 1. The fourth-order valence-corrected chi connectivity index (χ4v) is 5.44. The van der Waals surface area contributed by atoms with E-state index < -0.39 is 17.1 Å². The van der Waals surface area contributed by atoms with Crippen molar-refractivity contribution in [1.82, 2.24) is 4.90 Å². The minimum absolute atomic E-state index is 0.0470. The van der Waals surface area contributed by atoms with Crippen LogP contribution in [0.4, 0.5) is 4.79 Å². The molecule has 1 aliphatic heterocycles. The largest absolute Gasteiger partial charge is 0.497 e. The van der Waals surface area contributed by atoms with E-state index in [1.165, 1.54) is 7.11 Å². The van der Waals surface area contributed by atoms with Gasteiger partial charge < -0.3 is 14.2 Å². The topological polar surface area (TPSA) is 82.1 Å². The summed E-state index contributed by atoms with van der Waals surface area (Å²) in [5.41, 5.74) is 1.38. The summed E-state index contributed by atoms with van der Waals surface area (Å²) in [6.07, 6.45) is 1.57. The van der Waals surface area contributed by atoms with Gasteiger partial charge in [0.15, 0.2) is 11.5 Å². The maximum absolute atomic E-state index is 13.1. The Hall–Kier alpha value is -2.98. The van der Waals surface area contributed by atoms with Crippen LogP contribution in [-0.2, 0) is 11.3 Å². The maximum Gasteiger partial charge on any atom is 0.343 e. The van der Waals surface area contributed by atoms with E-state index in [9.17, 15) is 14.4 Å². The zero-order chi connectivity index (χ0) is 27.4. The first-order valence-electron chi connectivity index (χ1n) is 11.2. The Balaban J connectivity index is 1.59. The van der Waals surface area contributed by atoms with E-state index in [0.29, 0.717) is 43.6 Å². The number of ether oxygens (including phenoxy) is 3. The van der Waals surface area contributed by atoms with Gasteiger partial charge in [-0.25, -0.2) is 4.79 Å². The monoisotopic (exact) mass is 635 g/mol. The second kappa shape index (κ2) is 12.3. The van der Waals surface area contributed by atoms with Gasteiger partial charge >= 0.3 is 5.97 Å². The molecule has 0 aliphatic carbocycles. The molecule has 0 spiro atoms. The van der Waals surface area contributed by atoms with Crippen LogP contribution in [0.3, 0.4) is 0 Å². The summed E-state index contributed by atoms with van der Waals surface area (Å²) in [6, 6.07) is 14.8. The summed E-state index contributed by atoms with van der Waals surface area (Å²) >= 11 is 16.7. The normalized spacial score (nSPS) is 14.2. The van der Waals surface area contributed by atoms with Crippen molar-refractivity contribution in [2.75, 3.05) is 13.7 Å². The average Bonchev–Trinajstić information content (AvgIpc) is 3.15. The first kappa shape index (κ1) is 28.0. The van der Waals surface area contributed by atoms with Crippen LogP contribution in [0.2, 0.25) is 10.0 Å². The Morgan fingerprint density at radius 1 is 1.08 bits per heavy atom. The molecule has 11 heteroatoms. The number of methoxy groups -OCH3 is 1. The van der Waals surface area contributed by atoms with E-state index in [1.54, 1.807) is 67.6 Å². The average molecular weight is 637 g/mol. The molecule has 0 saturated carbocycles. The zero-order valence-electron chi connectivity index (χ0n) is 20.1. The third-order valence-electron chi connectivity index (χ3n) is 5.40. The summed E-state index contributed by atoms with van der Waals surface area (Å²) in [6.45, 7) is 2.05. The van der Waals surface area contributed by atoms with Gasteiger partial charge in [0.2, 0.25) is 0 Å². The smallest absolute Gasteiger partial charge is 0.343 e. The lowest BCUT2D eigenvalue weighted by molar-refractivity contribution is -0.123. The van der Waals surface area contributed by atoms with Crippen molar-refractivity contribution in [3.05, 3.63) is 90.7 Å². The highest BCUT2D eigenvalue weighted by Gasteiger charge is 2.36. The molecule has 0 bridgehead atoms. The predicted molar refractivity (Wildman–Crippen MR) is 151 cm³/mol. The van der Waals surface area contributed by atoms with Crippen LogP contribution in [0.15, 0.2) is 64.0 Å². The number of nitrogens with zero attached hydrogens (tertiary/aromatic N) is 1. The van der Waals surface area contributed by atoms with Crippen molar-refractivity contribution in [1.29, 1.82) is 0 Å². The number of hydrogen-bond donors (Lipinski definition) is 0. The lowest BCUT2D eigenvalue weighted by Crippen LogP contribution is -2.27. The molecule has 7 nitrogen and oxygen atoms in total. The molecular formula is C27H20BrCl2NO6S. The molecule has 1 aliphatic rings. The van der Waals surface area contributed by atoms with Gasteiger partial charge in [-0.3, -0.25) is 14.5 Å². The van der Waals surface area contributed by atoms with Gasteiger partial charge in [0.25, 0.3) is 11.1 Å². The van der Waals surface area contributed by atoms with Crippen molar-refractivity contribution < 1.29 is 28.6 Å². The van der Waals surface area contributed by atoms with Crippen LogP contribution in [0.5, 0.6) is 17.2 Å². The molecule has 196 valence electrons. The standard InChI is InChI=1S/C27H20BrCl2NO6S/c1-3-36-22-12-15(11-19(28)24(22)37-26(33)16-7-9-17(35-2)10-8-16)13-23-25(32)31(27(34)38-23)14-18-20(29)5-4-6-21(18)30/h4-13H,3,14H2,1-2H3/b23-13-. The molecular weight excluding hydrogens is 617 g/mol. The van der Waals surface area contributed by atoms with E-state index in [-0.39, 0.29) is 22.9 Å². The summed E-state index contributed by atoms with van der Waals surface area (Å²) < 4.78 is 16.9. The minimum Gasteiger partial charge on any atom is -0.497 e. The molecule has 38 heavy (non-hydrogen) atoms. The molecule has 2 amide bonds. The van der Waals surface area contributed by atoms with Crippen molar-refractivity contribution in [3.8, 4) is 17.2 Å².